The predicted molar refractivity (Wildman–Crippen MR) is 105 cm³/mol. The van der Waals surface area contributed by atoms with Gasteiger partial charge >= 0.3 is 0 Å². The minimum atomic E-state index is -0.262. The summed E-state index contributed by atoms with van der Waals surface area (Å²) in [4.78, 5) is 0. The summed E-state index contributed by atoms with van der Waals surface area (Å²) in [6.45, 7) is 3.90. The van der Waals surface area contributed by atoms with Crippen molar-refractivity contribution in [3.63, 3.8) is 0 Å². The maximum absolute atomic E-state index is 14.7. The monoisotopic (exact) mass is 360 g/mol. The lowest BCUT2D eigenvalue weighted by atomic mass is 9.94. The van der Waals surface area contributed by atoms with Crippen LogP contribution < -0.4 is 4.57 Å². The fraction of sp³-hybridized carbons (Fsp3) is 0.125. The van der Waals surface area contributed by atoms with Crippen LogP contribution in [-0.2, 0) is 7.05 Å². The van der Waals surface area contributed by atoms with Crippen LogP contribution in [-0.4, -0.2) is 0 Å². The first-order chi connectivity index (χ1) is 13.0. The van der Waals surface area contributed by atoms with Crippen molar-refractivity contribution in [1.82, 2.24) is 0 Å². The molecular weight excluding hydrogens is 340 g/mol. The van der Waals surface area contributed by atoms with Crippen LogP contribution in [0.3, 0.4) is 0 Å². The highest BCUT2D eigenvalue weighted by Crippen LogP contribution is 2.34. The van der Waals surface area contributed by atoms with E-state index in [2.05, 4.69) is 4.57 Å². The summed E-state index contributed by atoms with van der Waals surface area (Å²) in [5, 5.41) is 1.78. The van der Waals surface area contributed by atoms with Crippen molar-refractivity contribution >= 4 is 10.8 Å². The summed E-state index contributed by atoms with van der Waals surface area (Å²) in [7, 11) is 1.98. The molecule has 0 spiro atoms. The second-order valence-electron chi connectivity index (χ2n) is 6.94. The van der Waals surface area contributed by atoms with E-state index in [1.165, 1.54) is 6.07 Å². The molecule has 0 saturated heterocycles. The standard InChI is InChI=1S/C24H20F2N/c1-15-11-23(26)22(17-7-5-4-6-8-17)14-21(15)24-20-10-9-19(25)13-18(20)12-16(2)27(24)3/h4-14H,1-3H3/q+1. The van der Waals surface area contributed by atoms with Crippen molar-refractivity contribution in [2.75, 3.05) is 0 Å². The van der Waals surface area contributed by atoms with Gasteiger partial charge in [-0.1, -0.05) is 30.3 Å². The first kappa shape index (κ1) is 17.3. The maximum Gasteiger partial charge on any atom is 0.220 e. The van der Waals surface area contributed by atoms with Crippen LogP contribution in [0.5, 0.6) is 0 Å². The van der Waals surface area contributed by atoms with Crippen LogP contribution in [0, 0.1) is 25.5 Å². The van der Waals surface area contributed by atoms with E-state index in [0.717, 1.165) is 38.9 Å². The molecule has 0 amide bonds. The Bertz CT molecular complexity index is 1160. The molecule has 134 valence electrons. The normalized spacial score (nSPS) is 11.1. The number of hydrogen-bond acceptors (Lipinski definition) is 0. The average Bonchev–Trinajstić information content (AvgIpc) is 2.64. The van der Waals surface area contributed by atoms with Gasteiger partial charge in [-0.15, -0.1) is 0 Å². The number of nitrogens with zero attached hydrogens (tertiary/aromatic N) is 1. The highest BCUT2D eigenvalue weighted by atomic mass is 19.1. The van der Waals surface area contributed by atoms with E-state index in [0.29, 0.717) is 5.56 Å². The van der Waals surface area contributed by atoms with Crippen molar-refractivity contribution in [2.45, 2.75) is 13.8 Å². The topological polar surface area (TPSA) is 3.88 Å². The molecular formula is C24H20F2N+. The van der Waals surface area contributed by atoms with Crippen LogP contribution in [0.4, 0.5) is 8.78 Å². The fourth-order valence-corrected chi connectivity index (χ4v) is 3.64. The van der Waals surface area contributed by atoms with E-state index in [1.807, 2.05) is 63.4 Å². The Morgan fingerprint density at radius 3 is 2.26 bits per heavy atom. The first-order valence-corrected chi connectivity index (χ1v) is 8.90. The number of aryl methyl sites for hydroxylation is 2. The highest BCUT2D eigenvalue weighted by molar-refractivity contribution is 5.94. The molecule has 0 saturated carbocycles. The molecule has 4 aromatic rings. The van der Waals surface area contributed by atoms with Crippen LogP contribution in [0.25, 0.3) is 33.2 Å². The number of benzene rings is 3. The summed E-state index contributed by atoms with van der Waals surface area (Å²) in [6.07, 6.45) is 0. The van der Waals surface area contributed by atoms with Crippen molar-refractivity contribution in [3.8, 4) is 22.4 Å². The summed E-state index contributed by atoms with van der Waals surface area (Å²) >= 11 is 0. The molecule has 27 heavy (non-hydrogen) atoms. The van der Waals surface area contributed by atoms with Gasteiger partial charge in [0.1, 0.15) is 18.7 Å². The number of fused-ring (bicyclic) bond motifs is 1. The van der Waals surface area contributed by atoms with Gasteiger partial charge in [0.05, 0.1) is 10.9 Å². The summed E-state index contributed by atoms with van der Waals surface area (Å²) < 4.78 is 30.6. The van der Waals surface area contributed by atoms with Gasteiger partial charge in [0.15, 0.2) is 5.69 Å². The molecule has 0 atom stereocenters. The summed E-state index contributed by atoms with van der Waals surface area (Å²) in [5.41, 5.74) is 5.15. The van der Waals surface area contributed by atoms with Gasteiger partial charge in [0.25, 0.3) is 0 Å². The Kier molecular flexibility index (Phi) is 4.23. The number of rotatable bonds is 2. The molecule has 0 aliphatic rings. The third kappa shape index (κ3) is 2.99. The quantitative estimate of drug-likeness (QED) is 0.392. The predicted octanol–water partition coefficient (Wildman–Crippen LogP) is 5.89. The van der Waals surface area contributed by atoms with Gasteiger partial charge < -0.3 is 0 Å². The molecule has 3 aromatic carbocycles. The molecule has 4 rings (SSSR count). The van der Waals surface area contributed by atoms with Crippen molar-refractivity contribution in [3.05, 3.63) is 89.6 Å². The van der Waals surface area contributed by atoms with E-state index >= 15 is 0 Å². The van der Waals surface area contributed by atoms with Crippen molar-refractivity contribution in [1.29, 1.82) is 0 Å². The van der Waals surface area contributed by atoms with Gasteiger partial charge in [-0.25, -0.2) is 8.78 Å². The highest BCUT2D eigenvalue weighted by Gasteiger charge is 2.22. The lowest BCUT2D eigenvalue weighted by Crippen LogP contribution is -2.35. The first-order valence-electron chi connectivity index (χ1n) is 8.90. The van der Waals surface area contributed by atoms with Gasteiger partial charge in [-0.05, 0) is 53.8 Å². The molecule has 0 aliphatic heterocycles. The summed E-state index contributed by atoms with van der Waals surface area (Å²) in [5.74, 6) is -0.504. The lowest BCUT2D eigenvalue weighted by molar-refractivity contribution is -0.665. The van der Waals surface area contributed by atoms with Crippen LogP contribution >= 0.6 is 0 Å². The summed E-state index contributed by atoms with van der Waals surface area (Å²) in [6, 6.07) is 19.8. The third-order valence-electron chi connectivity index (χ3n) is 5.15. The van der Waals surface area contributed by atoms with E-state index in [9.17, 15) is 8.78 Å². The largest absolute Gasteiger partial charge is 0.220 e. The Hall–Kier alpha value is -3.07. The fourth-order valence-electron chi connectivity index (χ4n) is 3.64. The Balaban J connectivity index is 2.06. The molecule has 3 heteroatoms. The van der Waals surface area contributed by atoms with Gasteiger partial charge in [0, 0.05) is 18.6 Å². The molecule has 1 nitrogen and oxygen atoms in total. The van der Waals surface area contributed by atoms with E-state index in [4.69, 9.17) is 0 Å². The molecule has 0 radical (unpaired) electrons. The Labute approximate surface area is 157 Å². The SMILES string of the molecule is Cc1cc(F)c(-c2ccccc2)cc1-c1c2ccc(F)cc2cc(C)[n+]1C. The van der Waals surface area contributed by atoms with Crippen molar-refractivity contribution < 1.29 is 13.3 Å². The number of aromatic nitrogens is 1. The zero-order valence-electron chi connectivity index (χ0n) is 15.6. The Morgan fingerprint density at radius 1 is 0.778 bits per heavy atom. The van der Waals surface area contributed by atoms with Gasteiger partial charge in [0.2, 0.25) is 5.69 Å². The molecule has 0 fully saturated rings. The lowest BCUT2D eigenvalue weighted by Gasteiger charge is -2.13. The van der Waals surface area contributed by atoms with Crippen molar-refractivity contribution in [2.24, 2.45) is 7.05 Å². The van der Waals surface area contributed by atoms with E-state index in [1.54, 1.807) is 18.2 Å². The van der Waals surface area contributed by atoms with E-state index < -0.39 is 0 Å². The number of pyridine rings is 1. The third-order valence-corrected chi connectivity index (χ3v) is 5.15. The average molecular weight is 360 g/mol. The second kappa shape index (κ2) is 6.58. The maximum atomic E-state index is 14.7. The molecule has 0 bridgehead atoms. The van der Waals surface area contributed by atoms with Crippen LogP contribution in [0.15, 0.2) is 66.7 Å². The molecule has 0 aliphatic carbocycles. The van der Waals surface area contributed by atoms with E-state index in [-0.39, 0.29) is 11.6 Å². The molecule has 0 N–H and O–H groups in total. The zero-order chi connectivity index (χ0) is 19.1. The van der Waals surface area contributed by atoms with Gasteiger partial charge in [-0.2, -0.15) is 4.57 Å². The molecule has 1 aromatic heterocycles. The smallest absolute Gasteiger partial charge is 0.207 e. The van der Waals surface area contributed by atoms with Crippen LogP contribution in [0.1, 0.15) is 11.3 Å². The van der Waals surface area contributed by atoms with Gasteiger partial charge in [-0.3, -0.25) is 0 Å². The second-order valence-corrected chi connectivity index (χ2v) is 6.94. The minimum absolute atomic E-state index is 0.242. The Morgan fingerprint density at radius 2 is 1.52 bits per heavy atom. The van der Waals surface area contributed by atoms with Crippen LogP contribution in [0.2, 0.25) is 0 Å². The zero-order valence-corrected chi connectivity index (χ0v) is 15.6. The minimum Gasteiger partial charge on any atom is -0.207 e. The number of hydrogen-bond donors (Lipinski definition) is 0. The number of halogens is 2. The molecule has 0 unspecified atom stereocenters. The molecule has 1 heterocycles.